The van der Waals surface area contributed by atoms with Crippen LogP contribution in [0.1, 0.15) is 31.7 Å². The number of rotatable bonds is 3. The van der Waals surface area contributed by atoms with Gasteiger partial charge in [-0.3, -0.25) is 9.58 Å². The van der Waals surface area contributed by atoms with Crippen molar-refractivity contribution in [1.29, 1.82) is 0 Å². The molecule has 0 aliphatic carbocycles. The van der Waals surface area contributed by atoms with Crippen molar-refractivity contribution in [2.24, 2.45) is 13.0 Å². The number of aliphatic hydroxyl groups excluding tert-OH is 1. The topological polar surface area (TPSA) is 41.3 Å². The van der Waals surface area contributed by atoms with E-state index in [1.165, 1.54) is 0 Å². The van der Waals surface area contributed by atoms with Gasteiger partial charge in [-0.05, 0) is 25.3 Å². The lowest BCUT2D eigenvalue weighted by Gasteiger charge is -2.34. The van der Waals surface area contributed by atoms with Crippen LogP contribution in [0.5, 0.6) is 0 Å². The normalized spacial score (nSPS) is 25.6. The fraction of sp³-hybridized carbons (Fsp3) is 0.769. The third-order valence-corrected chi connectivity index (χ3v) is 4.32. The molecule has 4 nitrogen and oxygen atoms in total. The SMILES string of the molecule is CCc1nn(C)c(CN2CCC(C)C(O)C2)c1Cl. The Balaban J connectivity index is 2.08. The maximum Gasteiger partial charge on any atom is 0.0863 e. The van der Waals surface area contributed by atoms with Crippen LogP contribution in [-0.4, -0.2) is 39.0 Å². The molecule has 1 saturated heterocycles. The van der Waals surface area contributed by atoms with E-state index in [9.17, 15) is 5.11 Å². The molecule has 2 rings (SSSR count). The second-order valence-corrected chi connectivity index (χ2v) is 5.63. The van der Waals surface area contributed by atoms with Crippen molar-refractivity contribution < 1.29 is 5.11 Å². The number of aryl methyl sites for hydroxylation is 2. The van der Waals surface area contributed by atoms with Gasteiger partial charge in [0.15, 0.2) is 0 Å². The first-order chi connectivity index (χ1) is 8.52. The highest BCUT2D eigenvalue weighted by Crippen LogP contribution is 2.24. The molecule has 5 heteroatoms. The molecule has 0 saturated carbocycles. The molecule has 0 bridgehead atoms. The number of hydrogen-bond donors (Lipinski definition) is 1. The summed E-state index contributed by atoms with van der Waals surface area (Å²) in [6.45, 7) is 6.68. The minimum Gasteiger partial charge on any atom is -0.392 e. The van der Waals surface area contributed by atoms with Crippen molar-refractivity contribution in [3.05, 3.63) is 16.4 Å². The lowest BCUT2D eigenvalue weighted by Crippen LogP contribution is -2.42. The molecule has 2 atom stereocenters. The van der Waals surface area contributed by atoms with Crippen molar-refractivity contribution >= 4 is 11.6 Å². The molecule has 1 aliphatic heterocycles. The average molecular weight is 272 g/mol. The van der Waals surface area contributed by atoms with Gasteiger partial charge in [-0.1, -0.05) is 25.4 Å². The second-order valence-electron chi connectivity index (χ2n) is 5.25. The smallest absolute Gasteiger partial charge is 0.0863 e. The first-order valence-corrected chi connectivity index (χ1v) is 7.01. The summed E-state index contributed by atoms with van der Waals surface area (Å²) in [4.78, 5) is 2.26. The summed E-state index contributed by atoms with van der Waals surface area (Å²) in [5, 5.41) is 15.1. The number of aromatic nitrogens is 2. The zero-order valence-electron chi connectivity index (χ0n) is 11.4. The van der Waals surface area contributed by atoms with Crippen LogP contribution in [0.4, 0.5) is 0 Å². The van der Waals surface area contributed by atoms with E-state index in [1.807, 2.05) is 11.7 Å². The Morgan fingerprint density at radius 2 is 2.22 bits per heavy atom. The number of hydrogen-bond acceptors (Lipinski definition) is 3. The molecule has 0 aromatic carbocycles. The standard InChI is InChI=1S/C13H22ClN3O/c1-4-10-13(14)11(16(3)15-10)7-17-6-5-9(2)12(18)8-17/h9,12,18H,4-8H2,1-3H3. The molecule has 0 spiro atoms. The minimum absolute atomic E-state index is 0.226. The monoisotopic (exact) mass is 271 g/mol. The van der Waals surface area contributed by atoms with Gasteiger partial charge < -0.3 is 5.11 Å². The predicted octanol–water partition coefficient (Wildman–Crippen LogP) is 1.84. The van der Waals surface area contributed by atoms with Gasteiger partial charge in [-0.15, -0.1) is 0 Å². The Morgan fingerprint density at radius 1 is 1.50 bits per heavy atom. The van der Waals surface area contributed by atoms with Gasteiger partial charge in [0.1, 0.15) is 0 Å². The van der Waals surface area contributed by atoms with Gasteiger partial charge in [0.2, 0.25) is 0 Å². The Labute approximate surface area is 114 Å². The zero-order valence-corrected chi connectivity index (χ0v) is 12.1. The number of piperidine rings is 1. The third kappa shape index (κ3) is 2.71. The zero-order chi connectivity index (χ0) is 13.3. The molecule has 18 heavy (non-hydrogen) atoms. The van der Waals surface area contributed by atoms with E-state index in [0.717, 1.165) is 48.9 Å². The van der Waals surface area contributed by atoms with Crippen molar-refractivity contribution in [2.75, 3.05) is 13.1 Å². The van der Waals surface area contributed by atoms with E-state index in [1.54, 1.807) is 0 Å². The van der Waals surface area contributed by atoms with Crippen LogP contribution in [0.3, 0.4) is 0 Å². The summed E-state index contributed by atoms with van der Waals surface area (Å²) in [6.07, 6.45) is 1.67. The first-order valence-electron chi connectivity index (χ1n) is 6.63. The van der Waals surface area contributed by atoms with Crippen LogP contribution in [0.15, 0.2) is 0 Å². The van der Waals surface area contributed by atoms with E-state index in [4.69, 9.17) is 11.6 Å². The summed E-state index contributed by atoms with van der Waals surface area (Å²) in [6, 6.07) is 0. The van der Waals surface area contributed by atoms with E-state index in [0.29, 0.717) is 5.92 Å². The van der Waals surface area contributed by atoms with Crippen LogP contribution in [0.2, 0.25) is 5.02 Å². The number of nitrogens with zero attached hydrogens (tertiary/aromatic N) is 3. The maximum absolute atomic E-state index is 9.92. The average Bonchev–Trinajstić information content (AvgIpc) is 2.61. The van der Waals surface area contributed by atoms with Gasteiger partial charge >= 0.3 is 0 Å². The summed E-state index contributed by atoms with van der Waals surface area (Å²) in [5.41, 5.74) is 2.01. The highest BCUT2D eigenvalue weighted by atomic mass is 35.5. The quantitative estimate of drug-likeness (QED) is 0.912. The van der Waals surface area contributed by atoms with E-state index in [-0.39, 0.29) is 6.10 Å². The Bertz CT molecular complexity index is 419. The number of aliphatic hydroxyl groups is 1. The van der Waals surface area contributed by atoms with Crippen LogP contribution in [0.25, 0.3) is 0 Å². The minimum atomic E-state index is -0.226. The Kier molecular flexibility index (Phi) is 4.30. The summed E-state index contributed by atoms with van der Waals surface area (Å²) >= 11 is 6.34. The third-order valence-electron chi connectivity index (χ3n) is 3.88. The molecule has 1 aliphatic rings. The van der Waals surface area contributed by atoms with E-state index in [2.05, 4.69) is 23.8 Å². The van der Waals surface area contributed by atoms with Crippen molar-refractivity contribution in [1.82, 2.24) is 14.7 Å². The molecular formula is C13H22ClN3O. The maximum atomic E-state index is 9.92. The summed E-state index contributed by atoms with van der Waals surface area (Å²) < 4.78 is 1.87. The molecule has 0 amide bonds. The highest BCUT2D eigenvalue weighted by Gasteiger charge is 2.25. The van der Waals surface area contributed by atoms with Crippen molar-refractivity contribution in [3.63, 3.8) is 0 Å². The molecule has 1 aromatic heterocycles. The van der Waals surface area contributed by atoms with Gasteiger partial charge in [0, 0.05) is 20.1 Å². The van der Waals surface area contributed by atoms with Gasteiger partial charge in [-0.25, -0.2) is 0 Å². The van der Waals surface area contributed by atoms with Crippen molar-refractivity contribution in [2.45, 2.75) is 39.3 Å². The van der Waals surface area contributed by atoms with Gasteiger partial charge in [-0.2, -0.15) is 5.10 Å². The van der Waals surface area contributed by atoms with Gasteiger partial charge in [0.25, 0.3) is 0 Å². The number of likely N-dealkylation sites (tertiary alicyclic amines) is 1. The largest absolute Gasteiger partial charge is 0.392 e. The summed E-state index contributed by atoms with van der Waals surface area (Å²) in [7, 11) is 1.93. The van der Waals surface area contributed by atoms with E-state index < -0.39 is 0 Å². The first kappa shape index (κ1) is 13.8. The van der Waals surface area contributed by atoms with E-state index >= 15 is 0 Å². The van der Waals surface area contributed by atoms with Gasteiger partial charge in [0.05, 0.1) is 22.5 Å². The van der Waals surface area contributed by atoms with Crippen molar-refractivity contribution in [3.8, 4) is 0 Å². The van der Waals surface area contributed by atoms with Crippen LogP contribution < -0.4 is 0 Å². The predicted molar refractivity (Wildman–Crippen MR) is 72.7 cm³/mol. The second kappa shape index (κ2) is 5.59. The highest BCUT2D eigenvalue weighted by molar-refractivity contribution is 6.31. The lowest BCUT2D eigenvalue weighted by molar-refractivity contribution is 0.0250. The Hall–Kier alpha value is -0.580. The van der Waals surface area contributed by atoms with Crippen LogP contribution >= 0.6 is 11.6 Å². The number of β-amino-alcohol motifs (C(OH)–C–C–N with tert-alkyl or cyclic N) is 1. The molecule has 102 valence electrons. The molecule has 1 aromatic rings. The Morgan fingerprint density at radius 3 is 2.78 bits per heavy atom. The fourth-order valence-corrected chi connectivity index (χ4v) is 2.81. The van der Waals surface area contributed by atoms with Crippen LogP contribution in [0, 0.1) is 5.92 Å². The van der Waals surface area contributed by atoms with Crippen LogP contribution in [-0.2, 0) is 20.0 Å². The fourth-order valence-electron chi connectivity index (χ4n) is 2.46. The lowest BCUT2D eigenvalue weighted by atomic mass is 9.96. The molecule has 2 unspecified atom stereocenters. The molecule has 0 radical (unpaired) electrons. The molecule has 1 fully saturated rings. The molecular weight excluding hydrogens is 250 g/mol. The number of halogens is 1. The summed E-state index contributed by atoms with van der Waals surface area (Å²) in [5.74, 6) is 0.398. The molecule has 1 N–H and O–H groups in total. The molecule has 2 heterocycles.